The minimum Gasteiger partial charge on any atom is -0.493 e. The standard InChI is InChI=1S/C31H22BrClN2O5/c1-39-27-18-21(17-26(33)28(27)40-19-20-12-14-22(32)15-13-20)16-25-29(36)34(23-8-4-2-5-9-23)31(38)35(30(25)37)24-10-6-3-7-11-24/h2-18H,19H2,1H3. The van der Waals surface area contributed by atoms with Crippen LogP contribution in [0.4, 0.5) is 16.2 Å². The second kappa shape index (κ2) is 11.8. The number of barbiturate groups is 1. The zero-order chi connectivity index (χ0) is 28.2. The molecule has 1 fully saturated rings. The van der Waals surface area contributed by atoms with Crippen LogP contribution in [0, 0.1) is 0 Å². The summed E-state index contributed by atoms with van der Waals surface area (Å²) in [6, 6.07) is 27.0. The van der Waals surface area contributed by atoms with Gasteiger partial charge in [0.15, 0.2) is 11.5 Å². The number of para-hydroxylation sites is 2. The van der Waals surface area contributed by atoms with E-state index in [2.05, 4.69) is 15.9 Å². The topological polar surface area (TPSA) is 76.2 Å². The first-order valence-electron chi connectivity index (χ1n) is 12.2. The van der Waals surface area contributed by atoms with Gasteiger partial charge in [-0.2, -0.15) is 0 Å². The van der Waals surface area contributed by atoms with Crippen LogP contribution in [-0.4, -0.2) is 25.0 Å². The van der Waals surface area contributed by atoms with Gasteiger partial charge in [0, 0.05) is 4.47 Å². The third-order valence-corrected chi connectivity index (χ3v) is 6.95. The summed E-state index contributed by atoms with van der Waals surface area (Å²) in [5, 5.41) is 0.231. The molecule has 4 aromatic carbocycles. The molecule has 1 aliphatic heterocycles. The Morgan fingerprint density at radius 2 is 1.35 bits per heavy atom. The molecule has 5 rings (SSSR count). The lowest BCUT2D eigenvalue weighted by atomic mass is 10.0. The van der Waals surface area contributed by atoms with Crippen LogP contribution in [0.1, 0.15) is 11.1 Å². The van der Waals surface area contributed by atoms with Gasteiger partial charge in [-0.1, -0.05) is 76.1 Å². The number of carbonyl (C=O) groups is 3. The molecule has 0 radical (unpaired) electrons. The zero-order valence-electron chi connectivity index (χ0n) is 21.2. The molecule has 0 unspecified atom stereocenters. The fourth-order valence-electron chi connectivity index (χ4n) is 4.21. The summed E-state index contributed by atoms with van der Waals surface area (Å²) in [4.78, 5) is 42.7. The fraction of sp³-hybridized carbons (Fsp3) is 0.0645. The Kier molecular flexibility index (Phi) is 8.00. The van der Waals surface area contributed by atoms with E-state index in [9.17, 15) is 14.4 Å². The molecule has 9 heteroatoms. The van der Waals surface area contributed by atoms with E-state index in [-0.39, 0.29) is 17.2 Å². The van der Waals surface area contributed by atoms with Crippen molar-refractivity contribution in [1.29, 1.82) is 0 Å². The first kappa shape index (κ1) is 27.2. The van der Waals surface area contributed by atoms with E-state index in [1.54, 1.807) is 72.8 Å². The van der Waals surface area contributed by atoms with Crippen LogP contribution < -0.4 is 19.3 Å². The van der Waals surface area contributed by atoms with Gasteiger partial charge in [0.05, 0.1) is 23.5 Å². The first-order chi connectivity index (χ1) is 19.4. The third kappa shape index (κ3) is 5.50. The maximum atomic E-state index is 13.6. The summed E-state index contributed by atoms with van der Waals surface area (Å²) in [7, 11) is 1.47. The Balaban J connectivity index is 1.53. The van der Waals surface area contributed by atoms with Crippen molar-refractivity contribution in [2.24, 2.45) is 0 Å². The van der Waals surface area contributed by atoms with Crippen molar-refractivity contribution < 1.29 is 23.9 Å². The fourth-order valence-corrected chi connectivity index (χ4v) is 4.74. The highest BCUT2D eigenvalue weighted by molar-refractivity contribution is 9.10. The van der Waals surface area contributed by atoms with Crippen molar-refractivity contribution >= 4 is 62.8 Å². The van der Waals surface area contributed by atoms with Crippen LogP contribution in [0.2, 0.25) is 5.02 Å². The molecule has 7 nitrogen and oxygen atoms in total. The average molecular weight is 618 g/mol. The number of amides is 4. The molecular weight excluding hydrogens is 596 g/mol. The molecule has 4 aromatic rings. The summed E-state index contributed by atoms with van der Waals surface area (Å²) >= 11 is 9.99. The number of rotatable bonds is 7. The summed E-state index contributed by atoms with van der Waals surface area (Å²) in [5.74, 6) is -0.858. The molecule has 4 amide bonds. The SMILES string of the molecule is COc1cc(C=C2C(=O)N(c3ccccc3)C(=O)N(c3ccccc3)C2=O)cc(Cl)c1OCc1ccc(Br)cc1. The quantitative estimate of drug-likeness (QED) is 0.161. The predicted octanol–water partition coefficient (Wildman–Crippen LogP) is 7.27. The molecule has 40 heavy (non-hydrogen) atoms. The Morgan fingerprint density at radius 3 is 1.88 bits per heavy atom. The number of anilines is 2. The van der Waals surface area contributed by atoms with Crippen LogP contribution in [0.25, 0.3) is 6.08 Å². The number of carbonyl (C=O) groups excluding carboxylic acids is 3. The number of urea groups is 1. The number of methoxy groups -OCH3 is 1. The molecular formula is C31H22BrClN2O5. The minimum absolute atomic E-state index is 0.214. The van der Waals surface area contributed by atoms with Gasteiger partial charge in [0.25, 0.3) is 11.8 Å². The predicted molar refractivity (Wildman–Crippen MR) is 158 cm³/mol. The molecule has 0 aliphatic carbocycles. The molecule has 200 valence electrons. The van der Waals surface area contributed by atoms with Gasteiger partial charge >= 0.3 is 6.03 Å². The van der Waals surface area contributed by atoms with Crippen LogP contribution in [0.15, 0.2) is 107 Å². The highest BCUT2D eigenvalue weighted by atomic mass is 79.9. The lowest BCUT2D eigenvalue weighted by Crippen LogP contribution is -2.57. The van der Waals surface area contributed by atoms with E-state index in [1.807, 2.05) is 24.3 Å². The molecule has 0 aromatic heterocycles. The van der Waals surface area contributed by atoms with E-state index in [0.717, 1.165) is 19.8 Å². The molecule has 0 N–H and O–H groups in total. The monoisotopic (exact) mass is 616 g/mol. The molecule has 0 atom stereocenters. The smallest absolute Gasteiger partial charge is 0.343 e. The van der Waals surface area contributed by atoms with Crippen LogP contribution in [-0.2, 0) is 16.2 Å². The Labute approximate surface area is 244 Å². The maximum absolute atomic E-state index is 13.6. The molecule has 0 bridgehead atoms. The first-order valence-corrected chi connectivity index (χ1v) is 13.3. The van der Waals surface area contributed by atoms with Crippen molar-refractivity contribution in [2.75, 3.05) is 16.9 Å². The van der Waals surface area contributed by atoms with E-state index >= 15 is 0 Å². The summed E-state index contributed by atoms with van der Waals surface area (Å²) < 4.78 is 12.4. The number of hydrogen-bond acceptors (Lipinski definition) is 5. The van der Waals surface area contributed by atoms with E-state index in [4.69, 9.17) is 21.1 Å². The molecule has 0 saturated carbocycles. The zero-order valence-corrected chi connectivity index (χ0v) is 23.6. The van der Waals surface area contributed by atoms with Crippen molar-refractivity contribution in [2.45, 2.75) is 6.61 Å². The number of ether oxygens (including phenoxy) is 2. The number of nitrogens with zero attached hydrogens (tertiary/aromatic N) is 2. The lowest BCUT2D eigenvalue weighted by Gasteiger charge is -2.34. The number of halogens is 2. The normalized spacial score (nSPS) is 13.5. The number of benzene rings is 4. The number of hydrogen-bond donors (Lipinski definition) is 0. The van der Waals surface area contributed by atoms with Gasteiger partial charge in [0.1, 0.15) is 12.2 Å². The molecule has 1 heterocycles. The van der Waals surface area contributed by atoms with Crippen molar-refractivity contribution in [3.05, 3.63) is 123 Å². The minimum atomic E-state index is -0.767. The van der Waals surface area contributed by atoms with Crippen LogP contribution in [0.3, 0.4) is 0 Å². The van der Waals surface area contributed by atoms with Crippen LogP contribution >= 0.6 is 27.5 Å². The highest BCUT2D eigenvalue weighted by Gasteiger charge is 2.43. The van der Waals surface area contributed by atoms with Gasteiger partial charge < -0.3 is 9.47 Å². The van der Waals surface area contributed by atoms with Gasteiger partial charge in [0.2, 0.25) is 0 Å². The second-order valence-corrected chi connectivity index (χ2v) is 10.1. The van der Waals surface area contributed by atoms with E-state index in [0.29, 0.717) is 28.4 Å². The molecule has 1 saturated heterocycles. The van der Waals surface area contributed by atoms with Gasteiger partial charge in [-0.15, -0.1) is 0 Å². The third-order valence-electron chi connectivity index (χ3n) is 6.14. The lowest BCUT2D eigenvalue weighted by molar-refractivity contribution is -0.121. The van der Waals surface area contributed by atoms with E-state index in [1.165, 1.54) is 13.2 Å². The van der Waals surface area contributed by atoms with Gasteiger partial charge in [-0.25, -0.2) is 14.6 Å². The van der Waals surface area contributed by atoms with E-state index < -0.39 is 17.8 Å². The molecule has 1 aliphatic rings. The van der Waals surface area contributed by atoms with Crippen molar-refractivity contribution in [1.82, 2.24) is 0 Å². The summed E-state index contributed by atoms with van der Waals surface area (Å²) in [6.45, 7) is 0.251. The molecule has 0 spiro atoms. The maximum Gasteiger partial charge on any atom is 0.343 e. The number of imide groups is 2. The second-order valence-electron chi connectivity index (χ2n) is 8.74. The van der Waals surface area contributed by atoms with Crippen molar-refractivity contribution in [3.8, 4) is 11.5 Å². The summed E-state index contributed by atoms with van der Waals surface area (Å²) in [6.07, 6.45) is 1.40. The summed E-state index contributed by atoms with van der Waals surface area (Å²) in [5.41, 5.74) is 1.81. The van der Waals surface area contributed by atoms with Crippen LogP contribution in [0.5, 0.6) is 11.5 Å². The largest absolute Gasteiger partial charge is 0.493 e. The Bertz CT molecular complexity index is 1550. The average Bonchev–Trinajstić information content (AvgIpc) is 2.96. The Hall–Kier alpha value is -4.40. The van der Waals surface area contributed by atoms with Crippen molar-refractivity contribution in [3.63, 3.8) is 0 Å². The highest BCUT2D eigenvalue weighted by Crippen LogP contribution is 2.38. The Morgan fingerprint density at radius 1 is 0.800 bits per heavy atom. The van der Waals surface area contributed by atoms with Gasteiger partial charge in [-0.05, 0) is 65.7 Å². The van der Waals surface area contributed by atoms with Gasteiger partial charge in [-0.3, -0.25) is 9.59 Å².